The van der Waals surface area contributed by atoms with Gasteiger partial charge in [-0.25, -0.2) is 4.79 Å². The maximum atomic E-state index is 12.2. The monoisotopic (exact) mass is 430 g/mol. The predicted octanol–water partition coefficient (Wildman–Crippen LogP) is 4.63. The van der Waals surface area contributed by atoms with Gasteiger partial charge in [0.2, 0.25) is 0 Å². The number of nitrogens with zero attached hydrogens (tertiary/aromatic N) is 1. The summed E-state index contributed by atoms with van der Waals surface area (Å²) in [6, 6.07) is 18.3. The molecule has 0 saturated carbocycles. The molecule has 1 aliphatic heterocycles. The molecule has 4 nitrogen and oxygen atoms in total. The third-order valence-corrected chi connectivity index (χ3v) is 5.48. The van der Waals surface area contributed by atoms with Crippen molar-refractivity contribution >= 4 is 22.0 Å². The summed E-state index contributed by atoms with van der Waals surface area (Å²) in [5, 5.41) is 3.56. The lowest BCUT2D eigenvalue weighted by molar-refractivity contribution is 0.0822. The van der Waals surface area contributed by atoms with E-state index in [2.05, 4.69) is 45.5 Å². The molecule has 1 aliphatic rings. The standard InChI is InChI=1S/C22H27BrN2O2/c23-21-8-4-7-18(15-21)9-12-24-16-19-10-13-25(14-11-19)22(26)27-17-20-5-2-1-3-6-20/h1-8,15,19,24H,9-14,16-17H2. The third kappa shape index (κ3) is 6.67. The highest BCUT2D eigenvalue weighted by molar-refractivity contribution is 9.10. The topological polar surface area (TPSA) is 41.6 Å². The van der Waals surface area contributed by atoms with Crippen LogP contribution >= 0.6 is 15.9 Å². The molecule has 1 amide bonds. The molecule has 27 heavy (non-hydrogen) atoms. The largest absolute Gasteiger partial charge is 0.445 e. The van der Waals surface area contributed by atoms with Crippen LogP contribution in [0.2, 0.25) is 0 Å². The van der Waals surface area contributed by atoms with Crippen LogP contribution in [0.3, 0.4) is 0 Å². The molecule has 0 aliphatic carbocycles. The van der Waals surface area contributed by atoms with Crippen molar-refractivity contribution in [1.29, 1.82) is 0 Å². The van der Waals surface area contributed by atoms with E-state index < -0.39 is 0 Å². The van der Waals surface area contributed by atoms with E-state index in [9.17, 15) is 4.79 Å². The number of halogens is 1. The van der Waals surface area contributed by atoms with E-state index in [1.54, 1.807) is 0 Å². The Balaban J connectivity index is 1.30. The number of nitrogens with one attached hydrogen (secondary N) is 1. The quantitative estimate of drug-likeness (QED) is 0.650. The summed E-state index contributed by atoms with van der Waals surface area (Å²) in [5.41, 5.74) is 2.36. The zero-order valence-electron chi connectivity index (χ0n) is 15.6. The van der Waals surface area contributed by atoms with Crippen LogP contribution in [0.4, 0.5) is 4.79 Å². The summed E-state index contributed by atoms with van der Waals surface area (Å²) in [6.07, 6.45) is 2.90. The molecule has 0 spiro atoms. The lowest BCUT2D eigenvalue weighted by Gasteiger charge is -2.31. The number of benzene rings is 2. The van der Waals surface area contributed by atoms with Crippen molar-refractivity contribution in [3.05, 3.63) is 70.2 Å². The third-order valence-electron chi connectivity index (χ3n) is 4.99. The summed E-state index contributed by atoms with van der Waals surface area (Å²) < 4.78 is 6.56. The van der Waals surface area contributed by atoms with Gasteiger partial charge in [-0.2, -0.15) is 0 Å². The second-order valence-electron chi connectivity index (χ2n) is 7.05. The molecule has 1 saturated heterocycles. The predicted molar refractivity (Wildman–Crippen MR) is 112 cm³/mol. The molecule has 5 heteroatoms. The van der Waals surface area contributed by atoms with E-state index in [1.165, 1.54) is 5.56 Å². The van der Waals surface area contributed by atoms with Crippen LogP contribution in [0.5, 0.6) is 0 Å². The van der Waals surface area contributed by atoms with Gasteiger partial charge in [0.25, 0.3) is 0 Å². The molecular formula is C22H27BrN2O2. The van der Waals surface area contributed by atoms with Crippen LogP contribution in [0.25, 0.3) is 0 Å². The summed E-state index contributed by atoms with van der Waals surface area (Å²) >= 11 is 3.51. The second-order valence-corrected chi connectivity index (χ2v) is 7.97. The smallest absolute Gasteiger partial charge is 0.410 e. The van der Waals surface area contributed by atoms with Crippen LogP contribution in [-0.4, -0.2) is 37.2 Å². The van der Waals surface area contributed by atoms with Crippen molar-refractivity contribution < 1.29 is 9.53 Å². The number of piperidine rings is 1. The van der Waals surface area contributed by atoms with Gasteiger partial charge in [0.15, 0.2) is 0 Å². The van der Waals surface area contributed by atoms with Gasteiger partial charge in [-0.3, -0.25) is 0 Å². The number of carbonyl (C=O) groups excluding carboxylic acids is 1. The van der Waals surface area contributed by atoms with Gasteiger partial charge >= 0.3 is 6.09 Å². The Labute approximate surface area is 170 Å². The molecule has 2 aromatic carbocycles. The molecule has 1 heterocycles. The highest BCUT2D eigenvalue weighted by Crippen LogP contribution is 2.18. The van der Waals surface area contributed by atoms with Gasteiger partial charge in [0.05, 0.1) is 0 Å². The SMILES string of the molecule is O=C(OCc1ccccc1)N1CCC(CNCCc2cccc(Br)c2)CC1. The first-order valence-electron chi connectivity index (χ1n) is 9.61. The Morgan fingerprint density at radius 2 is 1.81 bits per heavy atom. The molecule has 1 fully saturated rings. The van der Waals surface area contributed by atoms with Gasteiger partial charge in [0, 0.05) is 17.6 Å². The van der Waals surface area contributed by atoms with Crippen molar-refractivity contribution in [1.82, 2.24) is 10.2 Å². The van der Waals surface area contributed by atoms with Gasteiger partial charge < -0.3 is 15.0 Å². The maximum Gasteiger partial charge on any atom is 0.410 e. The minimum atomic E-state index is -0.195. The van der Waals surface area contributed by atoms with Crippen molar-refractivity contribution in [2.45, 2.75) is 25.9 Å². The number of hydrogen-bond acceptors (Lipinski definition) is 3. The molecular weight excluding hydrogens is 404 g/mol. The fraction of sp³-hybridized carbons (Fsp3) is 0.409. The molecule has 0 aromatic heterocycles. The molecule has 0 bridgehead atoms. The number of ether oxygens (including phenoxy) is 1. The van der Waals surface area contributed by atoms with Gasteiger partial charge in [0.1, 0.15) is 6.61 Å². The number of rotatable bonds is 7. The zero-order valence-corrected chi connectivity index (χ0v) is 17.2. The number of likely N-dealkylation sites (tertiary alicyclic amines) is 1. The molecule has 0 unspecified atom stereocenters. The molecule has 3 rings (SSSR count). The van der Waals surface area contributed by atoms with Crippen LogP contribution < -0.4 is 5.32 Å². The van der Waals surface area contributed by atoms with E-state index in [1.807, 2.05) is 35.2 Å². The fourth-order valence-corrected chi connectivity index (χ4v) is 3.81. The zero-order chi connectivity index (χ0) is 18.9. The Morgan fingerprint density at radius 3 is 2.56 bits per heavy atom. The van der Waals surface area contributed by atoms with Crippen molar-refractivity contribution in [3.63, 3.8) is 0 Å². The summed E-state index contributed by atoms with van der Waals surface area (Å²) in [6.45, 7) is 3.91. The van der Waals surface area contributed by atoms with E-state index in [-0.39, 0.29) is 6.09 Å². The molecule has 2 aromatic rings. The first-order chi connectivity index (χ1) is 13.2. The average molecular weight is 431 g/mol. The Kier molecular flexibility index (Phi) is 7.72. The number of amides is 1. The summed E-state index contributed by atoms with van der Waals surface area (Å²) in [5.74, 6) is 0.630. The molecule has 1 N–H and O–H groups in total. The summed E-state index contributed by atoms with van der Waals surface area (Å²) in [7, 11) is 0. The van der Waals surface area contributed by atoms with Crippen molar-refractivity contribution in [2.24, 2.45) is 5.92 Å². The first-order valence-corrected chi connectivity index (χ1v) is 10.4. The Morgan fingerprint density at radius 1 is 1.07 bits per heavy atom. The Hall–Kier alpha value is -1.85. The highest BCUT2D eigenvalue weighted by atomic mass is 79.9. The molecule has 0 radical (unpaired) electrons. The van der Waals surface area contributed by atoms with E-state index in [0.717, 1.165) is 55.5 Å². The van der Waals surface area contributed by atoms with Gasteiger partial charge in [-0.15, -0.1) is 0 Å². The van der Waals surface area contributed by atoms with Gasteiger partial charge in [-0.05, 0) is 61.5 Å². The Bertz CT molecular complexity index is 715. The lowest BCUT2D eigenvalue weighted by atomic mass is 9.97. The number of hydrogen-bond donors (Lipinski definition) is 1. The fourth-order valence-electron chi connectivity index (χ4n) is 3.36. The van der Waals surface area contributed by atoms with Crippen LogP contribution in [0.15, 0.2) is 59.1 Å². The lowest BCUT2D eigenvalue weighted by Crippen LogP contribution is -2.41. The van der Waals surface area contributed by atoms with E-state index in [4.69, 9.17) is 4.74 Å². The van der Waals surface area contributed by atoms with Gasteiger partial charge in [-0.1, -0.05) is 58.4 Å². The van der Waals surface area contributed by atoms with Crippen LogP contribution in [0.1, 0.15) is 24.0 Å². The minimum absolute atomic E-state index is 0.195. The average Bonchev–Trinajstić information content (AvgIpc) is 2.71. The van der Waals surface area contributed by atoms with Crippen LogP contribution in [-0.2, 0) is 17.8 Å². The minimum Gasteiger partial charge on any atom is -0.445 e. The number of carbonyl (C=O) groups is 1. The molecule has 144 valence electrons. The van der Waals surface area contributed by atoms with Crippen molar-refractivity contribution in [2.75, 3.05) is 26.2 Å². The van der Waals surface area contributed by atoms with Crippen molar-refractivity contribution in [3.8, 4) is 0 Å². The second kappa shape index (κ2) is 10.5. The normalized spacial score (nSPS) is 14.9. The summed E-state index contributed by atoms with van der Waals surface area (Å²) in [4.78, 5) is 14.0. The van der Waals surface area contributed by atoms with Crippen LogP contribution in [0, 0.1) is 5.92 Å². The molecule has 0 atom stereocenters. The highest BCUT2D eigenvalue weighted by Gasteiger charge is 2.23. The van der Waals surface area contributed by atoms with E-state index >= 15 is 0 Å². The first kappa shape index (κ1) is 19.9. The maximum absolute atomic E-state index is 12.2. The van der Waals surface area contributed by atoms with E-state index in [0.29, 0.717) is 12.5 Å².